The molecule has 1 N–H and O–H groups in total. The number of carbonyl (C=O) groups excluding carboxylic acids is 1. The molecule has 0 radical (unpaired) electrons. The van der Waals surface area contributed by atoms with Gasteiger partial charge in [0.05, 0.1) is 0 Å². The molecule has 7 nitrogen and oxygen atoms in total. The molecule has 0 unspecified atom stereocenters. The van der Waals surface area contributed by atoms with Crippen LogP contribution in [0, 0.1) is 0 Å². The van der Waals surface area contributed by atoms with E-state index in [1.807, 2.05) is 11.0 Å². The third kappa shape index (κ3) is 2.74. The highest BCUT2D eigenvalue weighted by Crippen LogP contribution is 2.29. The number of amides is 1. The maximum Gasteiger partial charge on any atom is 0.345 e. The Balaban J connectivity index is 1.55. The lowest BCUT2D eigenvalue weighted by atomic mass is 9.93. The number of fused-ring (bicyclic) bond motifs is 1. The largest absolute Gasteiger partial charge is 0.360 e. The van der Waals surface area contributed by atoms with Crippen molar-refractivity contribution in [2.24, 2.45) is 0 Å². The van der Waals surface area contributed by atoms with Gasteiger partial charge < -0.3 is 14.4 Å². The van der Waals surface area contributed by atoms with Crippen molar-refractivity contribution < 1.29 is 9.32 Å². The second-order valence-corrected chi connectivity index (χ2v) is 6.56. The van der Waals surface area contributed by atoms with Gasteiger partial charge in [-0.3, -0.25) is 4.79 Å². The van der Waals surface area contributed by atoms with Gasteiger partial charge in [0.2, 0.25) is 0 Å². The van der Waals surface area contributed by atoms with Gasteiger partial charge in [-0.25, -0.2) is 9.78 Å². The summed E-state index contributed by atoms with van der Waals surface area (Å²) in [4.78, 5) is 32.6. The average Bonchev–Trinajstić information content (AvgIpc) is 3.05. The highest BCUT2D eigenvalue weighted by Gasteiger charge is 2.31. The van der Waals surface area contributed by atoms with E-state index < -0.39 is 0 Å². The number of nitrogens with one attached hydrogen (secondary N) is 1. The van der Waals surface area contributed by atoms with E-state index in [0.29, 0.717) is 18.8 Å². The molecule has 1 fully saturated rings. The van der Waals surface area contributed by atoms with Crippen molar-refractivity contribution in [3.63, 3.8) is 0 Å². The molecule has 0 bridgehead atoms. The first-order chi connectivity index (χ1) is 11.7. The Bertz CT molecular complexity index is 810. The van der Waals surface area contributed by atoms with Crippen LogP contribution in [0.4, 0.5) is 0 Å². The second kappa shape index (κ2) is 6.22. The highest BCUT2D eigenvalue weighted by molar-refractivity contribution is 5.94. The van der Waals surface area contributed by atoms with Gasteiger partial charge in [-0.2, -0.15) is 0 Å². The number of piperidine rings is 1. The number of likely N-dealkylation sites (tertiary alicyclic amines) is 1. The van der Waals surface area contributed by atoms with Crippen LogP contribution in [0.3, 0.4) is 0 Å². The molecule has 1 saturated heterocycles. The van der Waals surface area contributed by atoms with Gasteiger partial charge in [0.15, 0.2) is 5.69 Å². The molecule has 0 saturated carbocycles. The summed E-state index contributed by atoms with van der Waals surface area (Å²) in [6, 6.07) is 1.82. The standard InChI is InChI=1S/C17H20N4O3/c22-16(15-12-5-1-2-6-14(12)24-20-15)21-9-3-4-11(10-21)13-7-8-18-17(23)19-13/h7-8,11H,1-6,9-10H2,(H,18,19,23)/t11-/m1/s1. The molecule has 24 heavy (non-hydrogen) atoms. The van der Waals surface area contributed by atoms with Gasteiger partial charge >= 0.3 is 5.69 Å². The summed E-state index contributed by atoms with van der Waals surface area (Å²) < 4.78 is 5.37. The normalized spacial score (nSPS) is 20.7. The first-order valence-electron chi connectivity index (χ1n) is 8.54. The van der Waals surface area contributed by atoms with E-state index in [4.69, 9.17) is 4.52 Å². The molecule has 3 heterocycles. The molecule has 2 aromatic rings. The first-order valence-corrected chi connectivity index (χ1v) is 8.54. The summed E-state index contributed by atoms with van der Waals surface area (Å²) in [5.74, 6) is 0.945. The molecule has 1 aliphatic carbocycles. The second-order valence-electron chi connectivity index (χ2n) is 6.56. The summed E-state index contributed by atoms with van der Waals surface area (Å²) >= 11 is 0. The van der Waals surface area contributed by atoms with Crippen LogP contribution in [0.1, 0.15) is 59.1 Å². The minimum atomic E-state index is -0.346. The molecular formula is C17H20N4O3. The summed E-state index contributed by atoms with van der Waals surface area (Å²) in [5, 5.41) is 4.05. The Hall–Kier alpha value is -2.44. The lowest BCUT2D eigenvalue weighted by Crippen LogP contribution is -2.40. The maximum atomic E-state index is 12.9. The van der Waals surface area contributed by atoms with Crippen molar-refractivity contribution in [1.82, 2.24) is 20.0 Å². The Morgan fingerprint density at radius 2 is 2.17 bits per heavy atom. The zero-order valence-corrected chi connectivity index (χ0v) is 13.5. The van der Waals surface area contributed by atoms with Crippen LogP contribution in [0.5, 0.6) is 0 Å². The van der Waals surface area contributed by atoms with Crippen LogP contribution < -0.4 is 5.69 Å². The first kappa shape index (κ1) is 15.1. The summed E-state index contributed by atoms with van der Waals surface area (Å²) in [5.41, 5.74) is 1.97. The van der Waals surface area contributed by atoms with Crippen molar-refractivity contribution in [1.29, 1.82) is 0 Å². The maximum absolute atomic E-state index is 12.9. The van der Waals surface area contributed by atoms with Crippen LogP contribution in [-0.2, 0) is 12.8 Å². The number of hydrogen-bond acceptors (Lipinski definition) is 5. The third-order valence-electron chi connectivity index (χ3n) is 5.00. The highest BCUT2D eigenvalue weighted by atomic mass is 16.5. The fraction of sp³-hybridized carbons (Fsp3) is 0.529. The van der Waals surface area contributed by atoms with Crippen molar-refractivity contribution in [2.45, 2.75) is 44.4 Å². The number of aromatic nitrogens is 3. The van der Waals surface area contributed by atoms with Crippen LogP contribution >= 0.6 is 0 Å². The van der Waals surface area contributed by atoms with E-state index in [2.05, 4.69) is 15.1 Å². The molecule has 1 atom stereocenters. The summed E-state index contributed by atoms with van der Waals surface area (Å²) in [6.45, 7) is 1.30. The van der Waals surface area contributed by atoms with Crippen LogP contribution in [0.2, 0.25) is 0 Å². The fourth-order valence-electron chi connectivity index (χ4n) is 3.74. The van der Waals surface area contributed by atoms with Gasteiger partial charge in [-0.15, -0.1) is 0 Å². The van der Waals surface area contributed by atoms with E-state index in [9.17, 15) is 9.59 Å². The molecule has 126 valence electrons. The third-order valence-corrected chi connectivity index (χ3v) is 5.00. The molecule has 4 rings (SSSR count). The van der Waals surface area contributed by atoms with E-state index in [1.165, 1.54) is 6.20 Å². The molecule has 0 aromatic carbocycles. The monoisotopic (exact) mass is 328 g/mol. The Kier molecular flexibility index (Phi) is 3.92. The molecular weight excluding hydrogens is 308 g/mol. The van der Waals surface area contributed by atoms with E-state index in [0.717, 1.165) is 55.5 Å². The Labute approximate surface area is 139 Å². The molecule has 2 aliphatic rings. The van der Waals surface area contributed by atoms with Crippen LogP contribution in [0.25, 0.3) is 0 Å². The molecule has 2 aromatic heterocycles. The fourth-order valence-corrected chi connectivity index (χ4v) is 3.74. The van der Waals surface area contributed by atoms with Gasteiger partial charge in [-0.05, 0) is 38.2 Å². The lowest BCUT2D eigenvalue weighted by molar-refractivity contribution is 0.0694. The Morgan fingerprint density at radius 1 is 1.29 bits per heavy atom. The van der Waals surface area contributed by atoms with E-state index in [1.54, 1.807) is 0 Å². The SMILES string of the molecule is O=C(c1noc2c1CCCC2)N1CCC[C@@H](c2ccnc(=O)[nH]2)C1. The van der Waals surface area contributed by atoms with E-state index in [-0.39, 0.29) is 17.5 Å². The van der Waals surface area contributed by atoms with E-state index >= 15 is 0 Å². The van der Waals surface area contributed by atoms with Gasteiger partial charge in [-0.1, -0.05) is 5.16 Å². The topological polar surface area (TPSA) is 92.1 Å². The molecule has 1 aliphatic heterocycles. The average molecular weight is 328 g/mol. The van der Waals surface area contributed by atoms with Crippen molar-refractivity contribution in [2.75, 3.05) is 13.1 Å². The van der Waals surface area contributed by atoms with Gasteiger partial charge in [0.1, 0.15) is 5.76 Å². The predicted octanol–water partition coefficient (Wildman–Crippen LogP) is 1.66. The molecule has 1 amide bonds. The summed E-state index contributed by atoms with van der Waals surface area (Å²) in [6.07, 6.45) is 7.28. The van der Waals surface area contributed by atoms with Crippen molar-refractivity contribution in [3.05, 3.63) is 45.5 Å². The zero-order chi connectivity index (χ0) is 16.5. The molecule has 0 spiro atoms. The number of aromatic amines is 1. The zero-order valence-electron chi connectivity index (χ0n) is 13.5. The van der Waals surface area contributed by atoms with Gasteiger partial charge in [0, 0.05) is 42.9 Å². The number of H-pyrrole nitrogens is 1. The number of aryl methyl sites for hydroxylation is 1. The van der Waals surface area contributed by atoms with Crippen molar-refractivity contribution >= 4 is 5.91 Å². The molecule has 7 heteroatoms. The minimum Gasteiger partial charge on any atom is -0.360 e. The number of nitrogens with zero attached hydrogens (tertiary/aromatic N) is 3. The number of hydrogen-bond donors (Lipinski definition) is 1. The number of rotatable bonds is 2. The quantitative estimate of drug-likeness (QED) is 0.905. The number of carbonyl (C=O) groups is 1. The Morgan fingerprint density at radius 3 is 3.04 bits per heavy atom. The van der Waals surface area contributed by atoms with Crippen LogP contribution in [-0.4, -0.2) is 39.0 Å². The van der Waals surface area contributed by atoms with Crippen LogP contribution in [0.15, 0.2) is 21.6 Å². The smallest absolute Gasteiger partial charge is 0.345 e. The van der Waals surface area contributed by atoms with Crippen molar-refractivity contribution in [3.8, 4) is 0 Å². The predicted molar refractivity (Wildman–Crippen MR) is 85.9 cm³/mol. The minimum absolute atomic E-state index is 0.0528. The lowest BCUT2D eigenvalue weighted by Gasteiger charge is -2.32. The van der Waals surface area contributed by atoms with Gasteiger partial charge in [0.25, 0.3) is 5.91 Å². The summed E-state index contributed by atoms with van der Waals surface area (Å²) in [7, 11) is 0.